The van der Waals surface area contributed by atoms with Crippen LogP contribution >= 0.6 is 15.9 Å². The van der Waals surface area contributed by atoms with E-state index in [0.29, 0.717) is 62.5 Å². The van der Waals surface area contributed by atoms with Crippen LogP contribution in [0.4, 0.5) is 19.2 Å². The highest BCUT2D eigenvalue weighted by atomic mass is 79.9. The van der Waals surface area contributed by atoms with Gasteiger partial charge in [0.15, 0.2) is 5.78 Å². The van der Waals surface area contributed by atoms with Crippen molar-refractivity contribution < 1.29 is 52.8 Å². The quantitative estimate of drug-likeness (QED) is 0.0548. The summed E-state index contributed by atoms with van der Waals surface area (Å²) in [6.07, 6.45) is 13.1. The minimum Gasteiger partial charge on any atom is -0.444 e. The van der Waals surface area contributed by atoms with E-state index in [1.807, 2.05) is 138 Å². The summed E-state index contributed by atoms with van der Waals surface area (Å²) in [7, 11) is 0. The molecule has 0 aromatic carbocycles. The second-order valence-electron chi connectivity index (χ2n) is 26.2. The fourth-order valence-electron chi connectivity index (χ4n) is 8.73. The zero-order chi connectivity index (χ0) is 63.5. The van der Waals surface area contributed by atoms with Crippen LogP contribution in [0.25, 0.3) is 0 Å². The lowest BCUT2D eigenvalue weighted by Gasteiger charge is -2.39. The van der Waals surface area contributed by atoms with Crippen molar-refractivity contribution in [3.05, 3.63) is 119 Å². The maximum Gasteiger partial charge on any atom is 0.410 e. The Morgan fingerprint density at radius 1 is 0.500 bits per heavy atom. The van der Waals surface area contributed by atoms with Gasteiger partial charge in [0.05, 0.1) is 0 Å². The number of aliphatic hydroxyl groups is 1. The Labute approximate surface area is 519 Å². The number of aldehydes is 1. The van der Waals surface area contributed by atoms with Gasteiger partial charge in [0.1, 0.15) is 39.0 Å². The zero-order valence-electron chi connectivity index (χ0n) is 52.9. The minimum absolute atomic E-state index is 0.0273. The van der Waals surface area contributed by atoms with Crippen molar-refractivity contribution in [2.24, 2.45) is 29.6 Å². The van der Waals surface area contributed by atoms with Gasteiger partial charge in [-0.2, -0.15) is 0 Å². The third kappa shape index (κ3) is 29.7. The summed E-state index contributed by atoms with van der Waals surface area (Å²) >= 11 is 3.20. The first-order valence-electron chi connectivity index (χ1n) is 30.0. The molecule has 0 spiro atoms. The number of carbonyl (C=O) groups is 6. The molecule has 2 N–H and O–H groups in total. The van der Waals surface area contributed by atoms with Crippen molar-refractivity contribution in [1.82, 2.24) is 44.9 Å². The number of likely N-dealkylation sites (tertiary alicyclic amines) is 4. The van der Waals surface area contributed by atoms with Crippen molar-refractivity contribution >= 4 is 52.4 Å². The molecule has 5 aliphatic heterocycles. The average Bonchev–Trinajstić information content (AvgIpc) is 3.02. The number of nitrogens with zero attached hydrogens (tertiary/aromatic N) is 8. The number of amides is 4. The molecule has 0 radical (unpaired) electrons. The molecule has 4 aromatic rings. The molecule has 474 valence electrons. The van der Waals surface area contributed by atoms with E-state index in [2.05, 4.69) is 53.3 Å². The number of aromatic nitrogens is 4. The van der Waals surface area contributed by atoms with Gasteiger partial charge in [-0.1, -0.05) is 24.3 Å². The number of rotatable bonds is 13. The molecule has 0 saturated carbocycles. The molecule has 0 atom stereocenters. The standard InChI is InChI=1S/C15H20N2O3.C15H22N2O2.C10H14N2.C10H19NO3.C10H17NO3.C5H4BrN/c1-15(2,3)20-14(19)17-9-11(10-17)8-13(18)12-6-4-5-7-16-12;1-15(2,3)19-14(18)17-10-12(11-17)7-8-13-6-4-5-9-16-13;1-2-6-12-10(3-1)5-4-9-7-11-8-9;2*1-10(2,3)14-9(13)11-6-8(7-11)4-5-12;6-5-3-1-2-4-7-5/h4-7,11H,8-10H2,1-3H3;4-6,9,12H,7-8,10-11H2,1-3H3;1-3,6,9,11H,4-5,7-8H2;8,12H,4-7H2,1-3H3;5,8H,4,6-7H2,1-3H3;1-4H. The second kappa shape index (κ2) is 35.3. The van der Waals surface area contributed by atoms with Crippen LogP contribution < -0.4 is 5.32 Å². The Bertz CT molecular complexity index is 2620. The van der Waals surface area contributed by atoms with Crippen molar-refractivity contribution in [3.8, 4) is 0 Å². The molecule has 9 heterocycles. The minimum atomic E-state index is -0.480. The summed E-state index contributed by atoms with van der Waals surface area (Å²) in [5, 5.41) is 12.0. The van der Waals surface area contributed by atoms with Crippen LogP contribution in [0.5, 0.6) is 0 Å². The van der Waals surface area contributed by atoms with E-state index in [9.17, 15) is 28.8 Å². The fourth-order valence-corrected chi connectivity index (χ4v) is 9.00. The average molecular weight is 1260 g/mol. The maximum absolute atomic E-state index is 12.0. The van der Waals surface area contributed by atoms with Crippen molar-refractivity contribution in [2.75, 3.05) is 72.1 Å². The maximum atomic E-state index is 12.0. The smallest absolute Gasteiger partial charge is 0.410 e. The summed E-state index contributed by atoms with van der Waals surface area (Å²) in [5.74, 6) is 2.49. The highest BCUT2D eigenvalue weighted by Gasteiger charge is 2.37. The van der Waals surface area contributed by atoms with E-state index in [0.717, 1.165) is 74.4 Å². The van der Waals surface area contributed by atoms with Crippen LogP contribution in [-0.2, 0) is 36.6 Å². The van der Waals surface area contributed by atoms with Crippen molar-refractivity contribution in [1.29, 1.82) is 0 Å². The molecule has 4 amide bonds. The van der Waals surface area contributed by atoms with Crippen LogP contribution in [0.1, 0.15) is 137 Å². The summed E-state index contributed by atoms with van der Waals surface area (Å²) in [6.45, 7) is 30.4. The Morgan fingerprint density at radius 3 is 1.16 bits per heavy atom. The SMILES string of the molecule is Brc1ccccn1.CC(C)(C)OC(=O)N1CC(CC(=O)c2ccccn2)C1.CC(C)(C)OC(=O)N1CC(CC=O)C1.CC(C)(C)OC(=O)N1CC(CCO)C1.CC(C)(C)OC(=O)N1CC(CCc2ccccn2)C1.c1ccc(CCC2CNC2)nc1. The van der Waals surface area contributed by atoms with Gasteiger partial charge in [0.25, 0.3) is 0 Å². The second-order valence-corrected chi connectivity index (χ2v) is 27.0. The first-order valence-corrected chi connectivity index (χ1v) is 30.7. The number of ether oxygens (including phenoxy) is 4. The molecule has 86 heavy (non-hydrogen) atoms. The Balaban J connectivity index is 0.000000226. The van der Waals surface area contributed by atoms with E-state index in [1.54, 1.807) is 50.2 Å². The van der Waals surface area contributed by atoms with E-state index < -0.39 is 22.4 Å². The predicted molar refractivity (Wildman–Crippen MR) is 334 cm³/mol. The number of aliphatic hydroxyl groups excluding tert-OH is 1. The van der Waals surface area contributed by atoms with Crippen LogP contribution in [0.15, 0.2) is 102 Å². The normalized spacial score (nSPS) is 16.1. The fraction of sp³-hybridized carbons (Fsp3) is 0.600. The Morgan fingerprint density at radius 2 is 0.860 bits per heavy atom. The third-order valence-electron chi connectivity index (χ3n) is 13.4. The van der Waals surface area contributed by atoms with Crippen LogP contribution in [0.3, 0.4) is 0 Å². The number of hydrogen-bond donors (Lipinski definition) is 2. The predicted octanol–water partition coefficient (Wildman–Crippen LogP) is 11.2. The molecular formula is C65H96BrN9O11. The molecule has 9 rings (SSSR count). The van der Waals surface area contributed by atoms with Gasteiger partial charge >= 0.3 is 24.4 Å². The van der Waals surface area contributed by atoms with Gasteiger partial charge in [0, 0.05) is 120 Å². The van der Waals surface area contributed by atoms with Gasteiger partial charge in [-0.3, -0.25) is 19.7 Å². The molecule has 5 aliphatic rings. The monoisotopic (exact) mass is 1260 g/mol. The summed E-state index contributed by atoms with van der Waals surface area (Å²) in [4.78, 5) is 91.7. The van der Waals surface area contributed by atoms with Gasteiger partial charge in [-0.25, -0.2) is 24.2 Å². The number of nitrogens with one attached hydrogen (secondary N) is 1. The van der Waals surface area contributed by atoms with E-state index in [4.69, 9.17) is 24.1 Å². The van der Waals surface area contributed by atoms with E-state index >= 15 is 0 Å². The Kier molecular flexibility index (Phi) is 29.5. The lowest BCUT2D eigenvalue weighted by molar-refractivity contribution is -0.109. The highest BCUT2D eigenvalue weighted by Crippen LogP contribution is 2.26. The molecule has 0 aliphatic carbocycles. The first-order chi connectivity index (χ1) is 40.5. The highest BCUT2D eigenvalue weighted by molar-refractivity contribution is 9.10. The van der Waals surface area contributed by atoms with E-state index in [1.165, 1.54) is 25.2 Å². The van der Waals surface area contributed by atoms with Crippen LogP contribution in [-0.4, -0.2) is 176 Å². The van der Waals surface area contributed by atoms with Crippen molar-refractivity contribution in [3.63, 3.8) is 0 Å². The number of hydrogen-bond acceptors (Lipinski definition) is 16. The molecule has 5 fully saturated rings. The molecule has 5 saturated heterocycles. The lowest BCUT2D eigenvalue weighted by Crippen LogP contribution is -2.52. The molecule has 20 nitrogen and oxygen atoms in total. The van der Waals surface area contributed by atoms with Gasteiger partial charge in [0.2, 0.25) is 0 Å². The zero-order valence-corrected chi connectivity index (χ0v) is 54.5. The largest absolute Gasteiger partial charge is 0.444 e. The number of pyridine rings is 4. The van der Waals surface area contributed by atoms with Gasteiger partial charge < -0.3 is 53.8 Å². The third-order valence-corrected chi connectivity index (χ3v) is 13.9. The van der Waals surface area contributed by atoms with E-state index in [-0.39, 0.29) is 42.7 Å². The number of halogens is 1. The molecule has 4 aromatic heterocycles. The lowest BCUT2D eigenvalue weighted by atomic mass is 9.93. The van der Waals surface area contributed by atoms with Crippen LogP contribution in [0.2, 0.25) is 0 Å². The number of carbonyl (C=O) groups excluding carboxylic acids is 6. The summed E-state index contributed by atoms with van der Waals surface area (Å²) in [5.41, 5.74) is 1.10. The number of ketones is 1. The van der Waals surface area contributed by atoms with Crippen LogP contribution in [0, 0.1) is 29.6 Å². The number of Topliss-reactive ketones (excluding diaryl/α,β-unsaturated/α-hetero) is 1. The van der Waals surface area contributed by atoms with Gasteiger partial charge in [-0.05, 0) is 210 Å². The molecule has 0 bridgehead atoms. The Hall–Kier alpha value is -6.58. The molecule has 0 unspecified atom stereocenters. The topological polar surface area (TPSA) is 236 Å². The summed E-state index contributed by atoms with van der Waals surface area (Å²) in [6, 6.07) is 23.1. The number of aryl methyl sites for hydroxylation is 2. The van der Waals surface area contributed by atoms with Crippen molar-refractivity contribution in [2.45, 2.75) is 150 Å². The summed E-state index contributed by atoms with van der Waals surface area (Å²) < 4.78 is 21.8. The molecule has 21 heteroatoms. The van der Waals surface area contributed by atoms with Gasteiger partial charge in [-0.15, -0.1) is 0 Å². The first kappa shape index (κ1) is 71.9. The molecular weight excluding hydrogens is 1160 g/mol.